The van der Waals surface area contributed by atoms with Crippen molar-refractivity contribution in [2.45, 2.75) is 26.3 Å². The van der Waals surface area contributed by atoms with Crippen LogP contribution in [0.15, 0.2) is 57.7 Å². The van der Waals surface area contributed by atoms with Gasteiger partial charge in [0.1, 0.15) is 11.5 Å². The quantitative estimate of drug-likeness (QED) is 0.678. The summed E-state index contributed by atoms with van der Waals surface area (Å²) >= 11 is 0. The van der Waals surface area contributed by atoms with Crippen LogP contribution in [0.3, 0.4) is 0 Å². The highest BCUT2D eigenvalue weighted by Crippen LogP contribution is 2.23. The van der Waals surface area contributed by atoms with E-state index < -0.39 is 0 Å². The van der Waals surface area contributed by atoms with Crippen LogP contribution < -0.4 is 10.1 Å². The van der Waals surface area contributed by atoms with Gasteiger partial charge >= 0.3 is 0 Å². The van der Waals surface area contributed by atoms with Crippen molar-refractivity contribution < 1.29 is 18.4 Å². The first-order valence-electron chi connectivity index (χ1n) is 8.21. The van der Waals surface area contributed by atoms with E-state index in [0.29, 0.717) is 37.6 Å². The number of rotatable bonds is 8. The molecule has 6 nitrogen and oxygen atoms in total. The number of ether oxygens (including phenoxy) is 1. The summed E-state index contributed by atoms with van der Waals surface area (Å²) in [5.41, 5.74) is 0.921. The molecule has 6 heteroatoms. The summed E-state index contributed by atoms with van der Waals surface area (Å²) in [5.74, 6) is 2.68. The van der Waals surface area contributed by atoms with Gasteiger partial charge in [0.2, 0.25) is 5.91 Å². The molecule has 0 atom stereocenters. The fourth-order valence-corrected chi connectivity index (χ4v) is 2.35. The van der Waals surface area contributed by atoms with Crippen molar-refractivity contribution in [2.75, 3.05) is 6.61 Å². The van der Waals surface area contributed by atoms with Crippen molar-refractivity contribution in [1.29, 1.82) is 0 Å². The molecule has 1 amide bonds. The second-order valence-electron chi connectivity index (χ2n) is 5.43. The third-order valence-electron chi connectivity index (χ3n) is 3.61. The van der Waals surface area contributed by atoms with E-state index in [1.807, 2.05) is 37.3 Å². The molecule has 3 rings (SSSR count). The molecule has 0 saturated carbocycles. The Labute approximate surface area is 145 Å². The number of furan rings is 1. The van der Waals surface area contributed by atoms with E-state index in [1.54, 1.807) is 18.5 Å². The second-order valence-corrected chi connectivity index (χ2v) is 5.43. The number of nitrogens with one attached hydrogen (secondary N) is 1. The fourth-order valence-electron chi connectivity index (χ4n) is 2.35. The maximum absolute atomic E-state index is 11.9. The first-order chi connectivity index (χ1) is 12.2. The highest BCUT2D eigenvalue weighted by Gasteiger charge is 2.09. The van der Waals surface area contributed by atoms with Gasteiger partial charge in [-0.25, -0.2) is 4.98 Å². The summed E-state index contributed by atoms with van der Waals surface area (Å²) < 4.78 is 16.3. The Kier molecular flexibility index (Phi) is 5.51. The van der Waals surface area contributed by atoms with Gasteiger partial charge in [-0.1, -0.05) is 0 Å². The number of hydrogen-bond donors (Lipinski definition) is 1. The number of benzene rings is 1. The van der Waals surface area contributed by atoms with Crippen LogP contribution in [0.2, 0.25) is 0 Å². The van der Waals surface area contributed by atoms with Crippen molar-refractivity contribution in [3.63, 3.8) is 0 Å². The average molecular weight is 340 g/mol. The lowest BCUT2D eigenvalue weighted by atomic mass is 10.2. The summed E-state index contributed by atoms with van der Waals surface area (Å²) in [6.45, 7) is 2.96. The molecule has 0 aliphatic carbocycles. The molecule has 2 aromatic heterocycles. The van der Waals surface area contributed by atoms with Crippen LogP contribution in [-0.2, 0) is 17.8 Å². The molecule has 3 aromatic rings. The molecule has 0 bridgehead atoms. The highest BCUT2D eigenvalue weighted by molar-refractivity contribution is 5.75. The molecule has 25 heavy (non-hydrogen) atoms. The Hall–Kier alpha value is -3.02. The van der Waals surface area contributed by atoms with Crippen molar-refractivity contribution in [2.24, 2.45) is 0 Å². The summed E-state index contributed by atoms with van der Waals surface area (Å²) in [5, 5.41) is 2.80. The number of oxazole rings is 1. The van der Waals surface area contributed by atoms with Gasteiger partial charge in [0.15, 0.2) is 11.7 Å². The van der Waals surface area contributed by atoms with E-state index in [9.17, 15) is 4.79 Å². The molecule has 130 valence electrons. The molecule has 2 heterocycles. The summed E-state index contributed by atoms with van der Waals surface area (Å²) in [4.78, 5) is 16.1. The van der Waals surface area contributed by atoms with Crippen LogP contribution in [0.25, 0.3) is 11.3 Å². The number of aromatic nitrogens is 1. The molecule has 1 aromatic carbocycles. The minimum Gasteiger partial charge on any atom is -0.494 e. The molecule has 0 saturated heterocycles. The number of hydrogen-bond acceptors (Lipinski definition) is 5. The van der Waals surface area contributed by atoms with Crippen LogP contribution in [0, 0.1) is 0 Å². The number of carbonyl (C=O) groups excluding carboxylic acids is 1. The van der Waals surface area contributed by atoms with Gasteiger partial charge in [0.25, 0.3) is 0 Å². The van der Waals surface area contributed by atoms with Crippen LogP contribution in [-0.4, -0.2) is 17.5 Å². The van der Waals surface area contributed by atoms with E-state index in [2.05, 4.69) is 10.3 Å². The van der Waals surface area contributed by atoms with E-state index in [-0.39, 0.29) is 5.91 Å². The van der Waals surface area contributed by atoms with Gasteiger partial charge < -0.3 is 18.9 Å². The van der Waals surface area contributed by atoms with Gasteiger partial charge in [-0.3, -0.25) is 4.79 Å². The predicted octanol–water partition coefficient (Wildman–Crippen LogP) is 3.58. The van der Waals surface area contributed by atoms with Crippen LogP contribution in [0.4, 0.5) is 0 Å². The Morgan fingerprint density at radius 3 is 2.80 bits per heavy atom. The zero-order valence-electron chi connectivity index (χ0n) is 14.0. The maximum Gasteiger partial charge on any atom is 0.220 e. The molecule has 1 N–H and O–H groups in total. The fraction of sp³-hybridized carbons (Fsp3) is 0.263. The van der Waals surface area contributed by atoms with Crippen LogP contribution in [0.5, 0.6) is 5.75 Å². The van der Waals surface area contributed by atoms with Crippen molar-refractivity contribution in [1.82, 2.24) is 10.3 Å². The Balaban J connectivity index is 1.50. The molecule has 0 aliphatic rings. The van der Waals surface area contributed by atoms with Gasteiger partial charge in [-0.05, 0) is 43.3 Å². The zero-order valence-corrected chi connectivity index (χ0v) is 14.0. The second kappa shape index (κ2) is 8.19. The first-order valence-corrected chi connectivity index (χ1v) is 8.21. The van der Waals surface area contributed by atoms with Crippen LogP contribution in [0.1, 0.15) is 25.0 Å². The van der Waals surface area contributed by atoms with Crippen LogP contribution >= 0.6 is 0 Å². The topological polar surface area (TPSA) is 77.5 Å². The molecule has 0 unspecified atom stereocenters. The summed E-state index contributed by atoms with van der Waals surface area (Å²) in [6.07, 6.45) is 4.01. The zero-order chi connectivity index (χ0) is 17.5. The Bertz CT molecular complexity index is 791. The van der Waals surface area contributed by atoms with Crippen molar-refractivity contribution >= 4 is 5.91 Å². The number of aryl methyl sites for hydroxylation is 1. The van der Waals surface area contributed by atoms with Gasteiger partial charge in [0.05, 0.1) is 25.6 Å². The molecular formula is C19H20N2O4. The third-order valence-corrected chi connectivity index (χ3v) is 3.61. The lowest BCUT2D eigenvalue weighted by molar-refractivity contribution is -0.121. The van der Waals surface area contributed by atoms with E-state index in [4.69, 9.17) is 13.6 Å². The lowest BCUT2D eigenvalue weighted by Gasteiger charge is -2.03. The van der Waals surface area contributed by atoms with E-state index >= 15 is 0 Å². The predicted molar refractivity (Wildman–Crippen MR) is 92.0 cm³/mol. The van der Waals surface area contributed by atoms with E-state index in [1.165, 1.54) is 0 Å². The largest absolute Gasteiger partial charge is 0.494 e. The smallest absolute Gasteiger partial charge is 0.220 e. The van der Waals surface area contributed by atoms with Gasteiger partial charge in [-0.2, -0.15) is 0 Å². The SMILES string of the molecule is CCOc1ccc(-c2cnc(CCC(=O)NCc3ccco3)o2)cc1. The number of carbonyl (C=O) groups is 1. The maximum atomic E-state index is 11.9. The van der Waals surface area contributed by atoms with Crippen molar-refractivity contribution in [3.05, 3.63) is 60.5 Å². The number of amides is 1. The average Bonchev–Trinajstić information content (AvgIpc) is 3.31. The van der Waals surface area contributed by atoms with Gasteiger partial charge in [0, 0.05) is 18.4 Å². The summed E-state index contributed by atoms with van der Waals surface area (Å²) in [6, 6.07) is 11.2. The third kappa shape index (κ3) is 4.73. The first kappa shape index (κ1) is 16.8. The van der Waals surface area contributed by atoms with Gasteiger partial charge in [-0.15, -0.1) is 0 Å². The number of nitrogens with zero attached hydrogens (tertiary/aromatic N) is 1. The normalized spacial score (nSPS) is 10.6. The highest BCUT2D eigenvalue weighted by atomic mass is 16.5. The Morgan fingerprint density at radius 2 is 2.08 bits per heavy atom. The van der Waals surface area contributed by atoms with Crippen molar-refractivity contribution in [3.8, 4) is 17.1 Å². The standard InChI is InChI=1S/C19H20N2O4/c1-2-23-15-7-5-14(6-8-15)17-13-21-19(25-17)10-9-18(22)20-12-16-4-3-11-24-16/h3-8,11,13H,2,9-10,12H2,1H3,(H,20,22). The minimum absolute atomic E-state index is 0.0720. The molecule has 0 aliphatic heterocycles. The summed E-state index contributed by atoms with van der Waals surface area (Å²) in [7, 11) is 0. The molecule has 0 radical (unpaired) electrons. The molecule has 0 fully saturated rings. The molecular weight excluding hydrogens is 320 g/mol. The monoisotopic (exact) mass is 340 g/mol. The minimum atomic E-state index is -0.0720. The molecule has 0 spiro atoms. The Morgan fingerprint density at radius 1 is 1.24 bits per heavy atom. The lowest BCUT2D eigenvalue weighted by Crippen LogP contribution is -2.22. The van der Waals surface area contributed by atoms with E-state index in [0.717, 1.165) is 17.1 Å².